The second kappa shape index (κ2) is 5.93. The predicted octanol–water partition coefficient (Wildman–Crippen LogP) is 1.17. The van der Waals surface area contributed by atoms with E-state index in [0.717, 1.165) is 6.54 Å². The fraction of sp³-hybridized carbons (Fsp3) is 0.462. The summed E-state index contributed by atoms with van der Waals surface area (Å²) in [6, 6.07) is 6.25. The van der Waals surface area contributed by atoms with Crippen LogP contribution in [-0.4, -0.2) is 38.8 Å². The number of para-hydroxylation sites is 1. The molecule has 4 nitrogen and oxygen atoms in total. The third-order valence-corrected chi connectivity index (χ3v) is 2.99. The lowest BCUT2D eigenvalue weighted by atomic mass is 10.2. The van der Waals surface area contributed by atoms with Gasteiger partial charge in [0.1, 0.15) is 5.82 Å². The molecule has 1 aliphatic rings. The highest BCUT2D eigenvalue weighted by Gasteiger charge is 2.21. The predicted molar refractivity (Wildman–Crippen MR) is 67.0 cm³/mol. The lowest BCUT2D eigenvalue weighted by Crippen LogP contribution is -2.42. The van der Waals surface area contributed by atoms with Crippen LogP contribution in [0.15, 0.2) is 24.3 Å². The maximum absolute atomic E-state index is 13.5. The van der Waals surface area contributed by atoms with Crippen molar-refractivity contribution >= 4 is 11.6 Å². The molecular weight excluding hydrogens is 235 g/mol. The zero-order chi connectivity index (χ0) is 13.0. The molecule has 0 radical (unpaired) electrons. The smallest absolute Gasteiger partial charge is 0.229 e. The van der Waals surface area contributed by atoms with Gasteiger partial charge in [-0.05, 0) is 12.1 Å². The van der Waals surface area contributed by atoms with Crippen molar-refractivity contribution < 1.29 is 13.9 Å². The topological polar surface area (TPSA) is 41.6 Å². The first kappa shape index (κ1) is 13.0. The largest absolute Gasteiger partial charge is 0.375 e. The van der Waals surface area contributed by atoms with Crippen LogP contribution in [0.2, 0.25) is 0 Å². The fourth-order valence-corrected chi connectivity index (χ4v) is 1.94. The van der Waals surface area contributed by atoms with Crippen LogP contribution in [0.1, 0.15) is 6.42 Å². The maximum Gasteiger partial charge on any atom is 0.229 e. The van der Waals surface area contributed by atoms with Gasteiger partial charge in [0.05, 0.1) is 24.8 Å². The Morgan fingerprint density at radius 3 is 3.00 bits per heavy atom. The van der Waals surface area contributed by atoms with Crippen molar-refractivity contribution in [1.82, 2.24) is 5.32 Å². The molecule has 0 aliphatic carbocycles. The van der Waals surface area contributed by atoms with Crippen molar-refractivity contribution in [2.75, 3.05) is 31.6 Å². The third kappa shape index (κ3) is 3.05. The molecular formula is C13H17FN2O2. The molecule has 1 unspecified atom stereocenters. The Bertz CT molecular complexity index is 419. The van der Waals surface area contributed by atoms with Crippen molar-refractivity contribution in [3.63, 3.8) is 0 Å². The molecule has 1 heterocycles. The number of morpholine rings is 1. The summed E-state index contributed by atoms with van der Waals surface area (Å²) in [6.45, 7) is 2.09. The maximum atomic E-state index is 13.5. The van der Waals surface area contributed by atoms with E-state index in [1.165, 1.54) is 11.0 Å². The summed E-state index contributed by atoms with van der Waals surface area (Å²) in [6.07, 6.45) is 0.137. The van der Waals surface area contributed by atoms with Crippen molar-refractivity contribution in [1.29, 1.82) is 0 Å². The van der Waals surface area contributed by atoms with Crippen LogP contribution in [0.5, 0.6) is 0 Å². The van der Waals surface area contributed by atoms with E-state index in [2.05, 4.69) is 5.32 Å². The molecule has 0 bridgehead atoms. The lowest BCUT2D eigenvalue weighted by Gasteiger charge is -2.25. The van der Waals surface area contributed by atoms with E-state index in [1.54, 1.807) is 25.2 Å². The van der Waals surface area contributed by atoms with Crippen LogP contribution in [0.3, 0.4) is 0 Å². The van der Waals surface area contributed by atoms with Crippen molar-refractivity contribution in [3.8, 4) is 0 Å². The Balaban J connectivity index is 1.98. The zero-order valence-corrected chi connectivity index (χ0v) is 10.4. The number of anilines is 1. The van der Waals surface area contributed by atoms with Gasteiger partial charge in [-0.2, -0.15) is 0 Å². The van der Waals surface area contributed by atoms with Crippen molar-refractivity contribution in [2.45, 2.75) is 12.5 Å². The summed E-state index contributed by atoms with van der Waals surface area (Å²) in [5.41, 5.74) is 0.297. The molecule has 5 heteroatoms. The molecule has 1 amide bonds. The number of hydrogen-bond donors (Lipinski definition) is 1. The fourth-order valence-electron chi connectivity index (χ4n) is 1.94. The molecule has 1 N–H and O–H groups in total. The molecule has 1 aromatic rings. The van der Waals surface area contributed by atoms with Gasteiger partial charge in [0.15, 0.2) is 0 Å². The van der Waals surface area contributed by atoms with Gasteiger partial charge in [-0.3, -0.25) is 4.79 Å². The molecule has 0 saturated carbocycles. The van der Waals surface area contributed by atoms with E-state index in [4.69, 9.17) is 4.74 Å². The van der Waals surface area contributed by atoms with E-state index in [0.29, 0.717) is 18.8 Å². The standard InChI is InChI=1S/C13H17FN2O2/c1-16(12-5-3-2-4-11(12)14)13(17)8-10-9-15-6-7-18-10/h2-5,10,15H,6-9H2,1H3. The molecule has 2 rings (SSSR count). The van der Waals surface area contributed by atoms with E-state index < -0.39 is 5.82 Å². The van der Waals surface area contributed by atoms with Gasteiger partial charge in [0.25, 0.3) is 0 Å². The molecule has 1 saturated heterocycles. The summed E-state index contributed by atoms with van der Waals surface area (Å²) in [5.74, 6) is -0.537. The highest BCUT2D eigenvalue weighted by molar-refractivity contribution is 5.93. The second-order valence-corrected chi connectivity index (χ2v) is 4.31. The number of carbonyl (C=O) groups excluding carboxylic acids is 1. The molecule has 0 spiro atoms. The summed E-state index contributed by atoms with van der Waals surface area (Å²) < 4.78 is 19.0. The number of amides is 1. The number of hydrogen-bond acceptors (Lipinski definition) is 3. The van der Waals surface area contributed by atoms with Crippen LogP contribution in [0.25, 0.3) is 0 Å². The lowest BCUT2D eigenvalue weighted by molar-refractivity contribution is -0.121. The first-order valence-corrected chi connectivity index (χ1v) is 6.02. The number of benzene rings is 1. The summed E-state index contributed by atoms with van der Waals surface area (Å²) >= 11 is 0. The van der Waals surface area contributed by atoms with Gasteiger partial charge < -0.3 is 15.0 Å². The highest BCUT2D eigenvalue weighted by atomic mass is 19.1. The molecule has 1 aliphatic heterocycles. The van der Waals surface area contributed by atoms with E-state index in [9.17, 15) is 9.18 Å². The SMILES string of the molecule is CN(C(=O)CC1CNCCO1)c1ccccc1F. The molecule has 1 atom stereocenters. The number of nitrogens with one attached hydrogen (secondary N) is 1. The number of nitrogens with zero attached hydrogens (tertiary/aromatic N) is 1. The second-order valence-electron chi connectivity index (χ2n) is 4.31. The van der Waals surface area contributed by atoms with Gasteiger partial charge >= 0.3 is 0 Å². The first-order valence-electron chi connectivity index (χ1n) is 6.02. The van der Waals surface area contributed by atoms with Gasteiger partial charge in [-0.25, -0.2) is 4.39 Å². The first-order chi connectivity index (χ1) is 8.68. The quantitative estimate of drug-likeness (QED) is 0.878. The third-order valence-electron chi connectivity index (χ3n) is 2.99. The minimum Gasteiger partial charge on any atom is -0.375 e. The number of rotatable bonds is 3. The normalized spacial score (nSPS) is 19.6. The summed E-state index contributed by atoms with van der Waals surface area (Å²) in [7, 11) is 1.58. The highest BCUT2D eigenvalue weighted by Crippen LogP contribution is 2.18. The Kier molecular flexibility index (Phi) is 4.28. The Morgan fingerprint density at radius 2 is 2.33 bits per heavy atom. The van der Waals surface area contributed by atoms with Gasteiger partial charge in [-0.15, -0.1) is 0 Å². The molecule has 0 aromatic heterocycles. The molecule has 1 aromatic carbocycles. The van der Waals surface area contributed by atoms with Gasteiger partial charge in [-0.1, -0.05) is 12.1 Å². The minimum absolute atomic E-state index is 0.125. The van der Waals surface area contributed by atoms with Crippen LogP contribution < -0.4 is 10.2 Å². The zero-order valence-electron chi connectivity index (χ0n) is 10.4. The Morgan fingerprint density at radius 1 is 1.56 bits per heavy atom. The monoisotopic (exact) mass is 252 g/mol. The summed E-state index contributed by atoms with van der Waals surface area (Å²) in [5, 5.41) is 3.16. The van der Waals surface area contributed by atoms with Gasteiger partial charge in [0, 0.05) is 20.1 Å². The average Bonchev–Trinajstić information content (AvgIpc) is 2.39. The van der Waals surface area contributed by atoms with E-state index in [1.807, 2.05) is 0 Å². The minimum atomic E-state index is -0.393. The Hall–Kier alpha value is -1.46. The molecule has 1 fully saturated rings. The van der Waals surface area contributed by atoms with Crippen molar-refractivity contribution in [3.05, 3.63) is 30.1 Å². The van der Waals surface area contributed by atoms with E-state index in [-0.39, 0.29) is 18.4 Å². The van der Waals surface area contributed by atoms with Crippen molar-refractivity contribution in [2.24, 2.45) is 0 Å². The number of carbonyl (C=O) groups is 1. The Labute approximate surface area is 106 Å². The average molecular weight is 252 g/mol. The number of ether oxygens (including phenoxy) is 1. The van der Waals surface area contributed by atoms with Gasteiger partial charge in [0.2, 0.25) is 5.91 Å². The molecule has 18 heavy (non-hydrogen) atoms. The molecule has 98 valence electrons. The van der Waals surface area contributed by atoms with Crippen LogP contribution in [-0.2, 0) is 9.53 Å². The van der Waals surface area contributed by atoms with E-state index >= 15 is 0 Å². The van der Waals surface area contributed by atoms with Crippen LogP contribution in [0, 0.1) is 5.82 Å². The summed E-state index contributed by atoms with van der Waals surface area (Å²) in [4.78, 5) is 13.4. The van der Waals surface area contributed by atoms with Crippen LogP contribution >= 0.6 is 0 Å². The number of halogens is 1. The van der Waals surface area contributed by atoms with Crippen LogP contribution in [0.4, 0.5) is 10.1 Å².